The molecule has 0 aromatic heterocycles. The third kappa shape index (κ3) is 4.58. The minimum absolute atomic E-state index is 0.0947. The molecule has 2 aliphatic rings. The number of hydrogen-bond acceptors (Lipinski definition) is 4. The molecule has 160 valence electrons. The van der Waals surface area contributed by atoms with Gasteiger partial charge in [0.2, 0.25) is 10.0 Å². The number of rotatable bonds is 4. The summed E-state index contributed by atoms with van der Waals surface area (Å²) in [6, 6.07) is 16.9. The number of hydrogen-bond donors (Lipinski definition) is 0. The Balaban J connectivity index is 1.48. The number of likely N-dealkylation sites (tertiary alicyclic amines) is 1. The average Bonchev–Trinajstić information content (AvgIpc) is 3.06. The minimum atomic E-state index is -3.62. The molecule has 1 atom stereocenters. The van der Waals surface area contributed by atoms with Gasteiger partial charge in [-0.05, 0) is 48.9 Å². The smallest absolute Gasteiger partial charge is 0.253 e. The molecule has 2 fully saturated rings. The van der Waals surface area contributed by atoms with Crippen molar-refractivity contribution in [2.45, 2.75) is 30.1 Å². The Morgan fingerprint density at radius 2 is 1.67 bits per heavy atom. The van der Waals surface area contributed by atoms with Gasteiger partial charge < -0.3 is 9.64 Å². The van der Waals surface area contributed by atoms with Gasteiger partial charge in [-0.15, -0.1) is 0 Å². The lowest BCUT2D eigenvalue weighted by atomic mass is 9.92. The maximum Gasteiger partial charge on any atom is 0.253 e. The molecule has 0 N–H and O–H groups in total. The third-order valence-electron chi connectivity index (χ3n) is 5.98. The molecule has 7 heteroatoms. The zero-order valence-corrected chi connectivity index (χ0v) is 17.9. The highest BCUT2D eigenvalue weighted by atomic mass is 32.2. The second-order valence-electron chi connectivity index (χ2n) is 7.88. The molecule has 2 saturated heterocycles. The molecule has 4 rings (SSSR count). The summed E-state index contributed by atoms with van der Waals surface area (Å²) in [4.78, 5) is 15.2. The van der Waals surface area contributed by atoms with E-state index in [2.05, 4.69) is 24.3 Å². The maximum atomic E-state index is 13.1. The number of amides is 1. The molecule has 6 nitrogen and oxygen atoms in total. The van der Waals surface area contributed by atoms with E-state index in [0.717, 1.165) is 19.3 Å². The molecule has 0 spiro atoms. The molecular weight excluding hydrogens is 400 g/mol. The minimum Gasteiger partial charge on any atom is -0.379 e. The first-order chi connectivity index (χ1) is 14.6. The Labute approximate surface area is 178 Å². The average molecular weight is 429 g/mol. The van der Waals surface area contributed by atoms with Crippen LogP contribution in [0.15, 0.2) is 59.5 Å². The molecular formula is C23H28N2O4S. The molecule has 0 bridgehead atoms. The highest BCUT2D eigenvalue weighted by Crippen LogP contribution is 2.28. The molecule has 0 saturated carbocycles. The second kappa shape index (κ2) is 9.29. The zero-order chi connectivity index (χ0) is 21.0. The van der Waals surface area contributed by atoms with E-state index in [4.69, 9.17) is 4.74 Å². The van der Waals surface area contributed by atoms with Crippen LogP contribution in [0.5, 0.6) is 0 Å². The fourth-order valence-corrected chi connectivity index (χ4v) is 5.72. The van der Waals surface area contributed by atoms with Crippen molar-refractivity contribution in [1.29, 1.82) is 0 Å². The van der Waals surface area contributed by atoms with Gasteiger partial charge in [-0.2, -0.15) is 4.31 Å². The van der Waals surface area contributed by atoms with E-state index in [1.807, 2.05) is 11.0 Å². The Morgan fingerprint density at radius 3 is 2.43 bits per heavy atom. The largest absolute Gasteiger partial charge is 0.379 e. The van der Waals surface area contributed by atoms with E-state index in [-0.39, 0.29) is 10.8 Å². The Kier molecular flexibility index (Phi) is 6.51. The normalized spacial score (nSPS) is 21.2. The van der Waals surface area contributed by atoms with Crippen molar-refractivity contribution < 1.29 is 17.9 Å². The maximum absolute atomic E-state index is 13.1. The fraction of sp³-hybridized carbons (Fsp3) is 0.435. The summed E-state index contributed by atoms with van der Waals surface area (Å²) in [6.07, 6.45) is 2.91. The molecule has 0 radical (unpaired) electrons. The summed E-state index contributed by atoms with van der Waals surface area (Å²) < 4.78 is 32.6. The van der Waals surface area contributed by atoms with Gasteiger partial charge in [0, 0.05) is 31.7 Å². The van der Waals surface area contributed by atoms with Crippen molar-refractivity contribution in [1.82, 2.24) is 9.21 Å². The molecule has 2 heterocycles. The van der Waals surface area contributed by atoms with Gasteiger partial charge in [-0.1, -0.05) is 36.4 Å². The predicted molar refractivity (Wildman–Crippen MR) is 115 cm³/mol. The van der Waals surface area contributed by atoms with Gasteiger partial charge in [-0.25, -0.2) is 8.42 Å². The van der Waals surface area contributed by atoms with E-state index in [1.54, 1.807) is 18.2 Å². The Bertz CT molecular complexity index is 972. The lowest BCUT2D eigenvalue weighted by Crippen LogP contribution is -2.40. The lowest BCUT2D eigenvalue weighted by molar-refractivity contribution is 0.0729. The highest BCUT2D eigenvalue weighted by molar-refractivity contribution is 7.89. The van der Waals surface area contributed by atoms with E-state index >= 15 is 0 Å². The van der Waals surface area contributed by atoms with Gasteiger partial charge in [-0.3, -0.25) is 4.79 Å². The third-order valence-corrected chi connectivity index (χ3v) is 7.87. The van der Waals surface area contributed by atoms with Crippen LogP contribution in [0.3, 0.4) is 0 Å². The van der Waals surface area contributed by atoms with Crippen LogP contribution < -0.4 is 0 Å². The number of nitrogens with zero attached hydrogens (tertiary/aromatic N) is 2. The summed E-state index contributed by atoms with van der Waals surface area (Å²) in [5, 5.41) is 0. The van der Waals surface area contributed by atoms with Crippen molar-refractivity contribution in [2.24, 2.45) is 0 Å². The first-order valence-corrected chi connectivity index (χ1v) is 12.0. The monoisotopic (exact) mass is 428 g/mol. The van der Waals surface area contributed by atoms with Crippen LogP contribution in [-0.2, 0) is 14.8 Å². The van der Waals surface area contributed by atoms with Crippen molar-refractivity contribution >= 4 is 15.9 Å². The SMILES string of the molecule is O=C(c1cccc(S(=O)(=O)N2CCOCC2)c1)N1CCCC(c2ccccc2)CC1. The number of carbonyl (C=O) groups excluding carboxylic acids is 1. The molecule has 1 unspecified atom stereocenters. The Hall–Kier alpha value is -2.22. The molecule has 2 aromatic rings. The van der Waals surface area contributed by atoms with Gasteiger partial charge in [0.1, 0.15) is 0 Å². The van der Waals surface area contributed by atoms with Crippen molar-refractivity contribution in [3.63, 3.8) is 0 Å². The highest BCUT2D eigenvalue weighted by Gasteiger charge is 2.28. The van der Waals surface area contributed by atoms with Crippen LogP contribution in [0.1, 0.15) is 41.1 Å². The fourth-order valence-electron chi connectivity index (χ4n) is 4.27. The van der Waals surface area contributed by atoms with Crippen LogP contribution in [0.25, 0.3) is 0 Å². The summed E-state index contributed by atoms with van der Waals surface area (Å²) >= 11 is 0. The molecule has 1 amide bonds. The van der Waals surface area contributed by atoms with Crippen molar-refractivity contribution in [2.75, 3.05) is 39.4 Å². The molecule has 2 aromatic carbocycles. The van der Waals surface area contributed by atoms with Crippen LogP contribution >= 0.6 is 0 Å². The molecule has 0 aliphatic carbocycles. The standard InChI is InChI=1S/C23H28N2O4S/c26-23(24-12-5-9-20(11-13-24)19-6-2-1-3-7-19)21-8-4-10-22(18-21)30(27,28)25-14-16-29-17-15-25/h1-4,6-8,10,18,20H,5,9,11-17H2. The quantitative estimate of drug-likeness (QED) is 0.751. The van der Waals surface area contributed by atoms with E-state index < -0.39 is 10.0 Å². The van der Waals surface area contributed by atoms with Gasteiger partial charge in [0.05, 0.1) is 18.1 Å². The summed E-state index contributed by atoms with van der Waals surface area (Å²) in [5.74, 6) is 0.361. The topological polar surface area (TPSA) is 66.9 Å². The van der Waals surface area contributed by atoms with Gasteiger partial charge >= 0.3 is 0 Å². The molecule has 2 aliphatic heterocycles. The van der Waals surface area contributed by atoms with Crippen LogP contribution in [0.2, 0.25) is 0 Å². The second-order valence-corrected chi connectivity index (χ2v) is 9.81. The van der Waals surface area contributed by atoms with Crippen LogP contribution in [-0.4, -0.2) is 62.9 Å². The predicted octanol–water partition coefficient (Wildman–Crippen LogP) is 3.12. The number of sulfonamides is 1. The number of morpholine rings is 1. The number of ether oxygens (including phenoxy) is 1. The van der Waals surface area contributed by atoms with E-state index in [0.29, 0.717) is 50.9 Å². The Morgan fingerprint density at radius 1 is 0.900 bits per heavy atom. The zero-order valence-electron chi connectivity index (χ0n) is 17.1. The molecule has 30 heavy (non-hydrogen) atoms. The van der Waals surface area contributed by atoms with Gasteiger partial charge in [0.25, 0.3) is 5.91 Å². The number of carbonyl (C=O) groups is 1. The van der Waals surface area contributed by atoms with Gasteiger partial charge in [0.15, 0.2) is 0 Å². The lowest BCUT2D eigenvalue weighted by Gasteiger charge is -2.26. The van der Waals surface area contributed by atoms with Crippen molar-refractivity contribution in [3.8, 4) is 0 Å². The van der Waals surface area contributed by atoms with E-state index in [9.17, 15) is 13.2 Å². The summed E-state index contributed by atoms with van der Waals surface area (Å²) in [5.41, 5.74) is 1.76. The van der Waals surface area contributed by atoms with Crippen molar-refractivity contribution in [3.05, 3.63) is 65.7 Å². The number of benzene rings is 2. The first-order valence-electron chi connectivity index (χ1n) is 10.6. The summed E-state index contributed by atoms with van der Waals surface area (Å²) in [6.45, 7) is 2.85. The van der Waals surface area contributed by atoms with Crippen LogP contribution in [0, 0.1) is 0 Å². The van der Waals surface area contributed by atoms with E-state index in [1.165, 1.54) is 15.9 Å². The van der Waals surface area contributed by atoms with Crippen LogP contribution in [0.4, 0.5) is 0 Å². The summed E-state index contributed by atoms with van der Waals surface area (Å²) in [7, 11) is -3.62. The first kappa shape index (κ1) is 21.0.